The van der Waals surface area contributed by atoms with Crippen LogP contribution in [0, 0.1) is 5.82 Å². The Morgan fingerprint density at radius 2 is 2.11 bits per heavy atom. The molecule has 1 fully saturated rings. The van der Waals surface area contributed by atoms with E-state index >= 15 is 0 Å². The number of hydrogen-bond acceptors (Lipinski definition) is 5. The van der Waals surface area contributed by atoms with Gasteiger partial charge in [0, 0.05) is 43.0 Å². The number of rotatable bonds is 5. The second-order valence-electron chi connectivity index (χ2n) is 6.79. The van der Waals surface area contributed by atoms with E-state index in [1.165, 1.54) is 6.07 Å². The van der Waals surface area contributed by atoms with E-state index in [9.17, 15) is 9.18 Å². The predicted octanol–water partition coefficient (Wildman–Crippen LogP) is 1.80. The Kier molecular flexibility index (Phi) is 5.93. The van der Waals surface area contributed by atoms with Gasteiger partial charge in [-0.15, -0.1) is 0 Å². The van der Waals surface area contributed by atoms with Crippen molar-refractivity contribution in [2.45, 2.75) is 12.5 Å². The third kappa shape index (κ3) is 4.37. The predicted molar refractivity (Wildman–Crippen MR) is 103 cm³/mol. The van der Waals surface area contributed by atoms with Crippen LogP contribution in [0.1, 0.15) is 15.9 Å². The van der Waals surface area contributed by atoms with Crippen molar-refractivity contribution < 1.29 is 13.9 Å². The van der Waals surface area contributed by atoms with Gasteiger partial charge in [0.25, 0.3) is 5.91 Å². The molecule has 6 nitrogen and oxygen atoms in total. The Balaban J connectivity index is 1.84. The largest absolute Gasteiger partial charge is 0.497 e. The van der Waals surface area contributed by atoms with Crippen molar-refractivity contribution in [2.24, 2.45) is 5.84 Å². The van der Waals surface area contributed by atoms with Crippen molar-refractivity contribution in [3.63, 3.8) is 0 Å². The highest BCUT2D eigenvalue weighted by atomic mass is 19.1. The molecule has 1 heterocycles. The van der Waals surface area contributed by atoms with Crippen LogP contribution in [0.25, 0.3) is 0 Å². The summed E-state index contributed by atoms with van der Waals surface area (Å²) in [5, 5.41) is 0. The summed E-state index contributed by atoms with van der Waals surface area (Å²) in [4.78, 5) is 16.1. The molecule has 2 aromatic carbocycles. The number of benzene rings is 2. The zero-order valence-electron chi connectivity index (χ0n) is 15.6. The quantitative estimate of drug-likeness (QED) is 0.476. The van der Waals surface area contributed by atoms with Gasteiger partial charge in [0.05, 0.1) is 7.11 Å². The molecule has 1 amide bonds. The topological polar surface area (TPSA) is 70.8 Å². The molecule has 1 aliphatic heterocycles. The summed E-state index contributed by atoms with van der Waals surface area (Å²) in [5.41, 5.74) is 3.88. The number of amides is 1. The second kappa shape index (κ2) is 8.37. The minimum Gasteiger partial charge on any atom is -0.497 e. The summed E-state index contributed by atoms with van der Waals surface area (Å²) in [5.74, 6) is 5.02. The summed E-state index contributed by atoms with van der Waals surface area (Å²) in [7, 11) is 3.72. The third-order valence-electron chi connectivity index (χ3n) is 4.97. The van der Waals surface area contributed by atoms with Crippen LogP contribution in [0.4, 0.5) is 10.1 Å². The number of hydrogen-bond donors (Lipinski definition) is 2. The van der Waals surface area contributed by atoms with E-state index < -0.39 is 11.7 Å². The van der Waals surface area contributed by atoms with Gasteiger partial charge in [0.1, 0.15) is 11.6 Å². The second-order valence-corrected chi connectivity index (χ2v) is 6.79. The highest BCUT2D eigenvalue weighted by Crippen LogP contribution is 2.27. The van der Waals surface area contributed by atoms with E-state index in [4.69, 9.17) is 10.6 Å². The number of methoxy groups -OCH3 is 1. The number of nitrogens with zero attached hydrogens (tertiary/aromatic N) is 2. The van der Waals surface area contributed by atoms with Crippen LogP contribution < -0.4 is 20.9 Å². The van der Waals surface area contributed by atoms with Crippen molar-refractivity contribution in [3.05, 3.63) is 59.4 Å². The first kappa shape index (κ1) is 19.1. The number of carbonyl (C=O) groups is 1. The maximum Gasteiger partial charge on any atom is 0.265 e. The molecule has 0 spiro atoms. The molecular formula is C20H25FN4O2. The monoisotopic (exact) mass is 372 g/mol. The molecule has 2 aromatic rings. The third-order valence-corrected chi connectivity index (χ3v) is 4.97. The Labute approximate surface area is 158 Å². The summed E-state index contributed by atoms with van der Waals surface area (Å²) in [6.45, 7) is 2.61. The van der Waals surface area contributed by atoms with Crippen LogP contribution in [0.3, 0.4) is 0 Å². The van der Waals surface area contributed by atoms with Crippen LogP contribution in [-0.2, 0) is 6.42 Å². The Morgan fingerprint density at radius 3 is 2.81 bits per heavy atom. The fraction of sp³-hybridized carbons (Fsp3) is 0.350. The van der Waals surface area contributed by atoms with Crippen LogP contribution in [-0.4, -0.2) is 50.6 Å². The van der Waals surface area contributed by atoms with Gasteiger partial charge >= 0.3 is 0 Å². The highest BCUT2D eigenvalue weighted by Gasteiger charge is 2.27. The maximum absolute atomic E-state index is 14.6. The van der Waals surface area contributed by atoms with E-state index in [2.05, 4.69) is 16.8 Å². The highest BCUT2D eigenvalue weighted by molar-refractivity contribution is 5.93. The van der Waals surface area contributed by atoms with Gasteiger partial charge in [-0.05, 0) is 43.3 Å². The summed E-state index contributed by atoms with van der Waals surface area (Å²) in [6, 6.07) is 12.5. The number of nitrogens with two attached hydrogens (primary N) is 1. The molecule has 0 bridgehead atoms. The van der Waals surface area contributed by atoms with Gasteiger partial charge in [-0.25, -0.2) is 10.2 Å². The van der Waals surface area contributed by atoms with Crippen molar-refractivity contribution in [1.82, 2.24) is 10.3 Å². The first-order valence-electron chi connectivity index (χ1n) is 8.90. The summed E-state index contributed by atoms with van der Waals surface area (Å²) in [6.07, 6.45) is 0.540. The van der Waals surface area contributed by atoms with Crippen LogP contribution >= 0.6 is 0 Å². The summed E-state index contributed by atoms with van der Waals surface area (Å²) < 4.78 is 19.9. The lowest BCUT2D eigenvalue weighted by molar-refractivity contribution is 0.0953. The average molecular weight is 372 g/mol. The molecular weight excluding hydrogens is 347 g/mol. The van der Waals surface area contributed by atoms with E-state index in [-0.39, 0.29) is 11.6 Å². The lowest BCUT2D eigenvalue weighted by Crippen LogP contribution is -2.53. The van der Waals surface area contributed by atoms with Gasteiger partial charge in [0.15, 0.2) is 0 Å². The zero-order chi connectivity index (χ0) is 19.4. The number of nitrogens with one attached hydrogen (secondary N) is 1. The van der Waals surface area contributed by atoms with E-state index in [0.717, 1.165) is 31.1 Å². The Morgan fingerprint density at radius 1 is 1.30 bits per heavy atom. The number of nitrogen functional groups attached to an aromatic ring is 1. The van der Waals surface area contributed by atoms with E-state index in [1.807, 2.05) is 29.7 Å². The van der Waals surface area contributed by atoms with E-state index in [0.29, 0.717) is 12.0 Å². The van der Waals surface area contributed by atoms with E-state index in [1.54, 1.807) is 19.2 Å². The first-order chi connectivity index (χ1) is 13.0. The molecule has 7 heteroatoms. The molecule has 3 N–H and O–H groups in total. The number of anilines is 1. The van der Waals surface area contributed by atoms with Gasteiger partial charge in [-0.3, -0.25) is 10.2 Å². The average Bonchev–Trinajstić information content (AvgIpc) is 2.69. The molecule has 0 aliphatic carbocycles. The Hall–Kier alpha value is -2.64. The van der Waals surface area contributed by atoms with Crippen molar-refractivity contribution >= 4 is 11.6 Å². The van der Waals surface area contributed by atoms with Crippen LogP contribution in [0.5, 0.6) is 5.75 Å². The molecule has 1 saturated heterocycles. The zero-order valence-corrected chi connectivity index (χ0v) is 15.6. The Bertz CT molecular complexity index is 814. The van der Waals surface area contributed by atoms with Gasteiger partial charge in [0.2, 0.25) is 0 Å². The number of hydrazine groups is 1. The molecule has 144 valence electrons. The fourth-order valence-electron chi connectivity index (χ4n) is 3.51. The van der Waals surface area contributed by atoms with Gasteiger partial charge < -0.3 is 14.5 Å². The van der Waals surface area contributed by atoms with Gasteiger partial charge in [-0.1, -0.05) is 12.1 Å². The number of halogens is 1. The molecule has 0 aromatic heterocycles. The molecule has 0 saturated carbocycles. The number of ether oxygens (including phenoxy) is 1. The lowest BCUT2D eigenvalue weighted by Gasteiger charge is -2.42. The SMILES string of the molecule is COc1cccc(N2CCN(C)CC2Cc2ccc(C(=O)NN)cc2F)c1. The van der Waals surface area contributed by atoms with Crippen molar-refractivity contribution in [3.8, 4) is 5.75 Å². The lowest BCUT2D eigenvalue weighted by atomic mass is 9.99. The van der Waals surface area contributed by atoms with Gasteiger partial charge in [-0.2, -0.15) is 0 Å². The van der Waals surface area contributed by atoms with Crippen LogP contribution in [0.2, 0.25) is 0 Å². The molecule has 0 radical (unpaired) electrons. The minimum absolute atomic E-state index is 0.111. The first-order valence-corrected chi connectivity index (χ1v) is 8.90. The molecule has 1 unspecified atom stereocenters. The summed E-state index contributed by atoms with van der Waals surface area (Å²) >= 11 is 0. The van der Waals surface area contributed by atoms with Crippen LogP contribution in [0.15, 0.2) is 42.5 Å². The molecule has 1 aliphatic rings. The maximum atomic E-state index is 14.6. The smallest absolute Gasteiger partial charge is 0.265 e. The molecule has 1 atom stereocenters. The minimum atomic E-state index is -0.504. The fourth-order valence-corrected chi connectivity index (χ4v) is 3.51. The number of carbonyl (C=O) groups excluding carboxylic acids is 1. The molecule has 3 rings (SSSR count). The number of likely N-dealkylation sites (N-methyl/N-ethyl adjacent to an activating group) is 1. The molecule has 27 heavy (non-hydrogen) atoms. The van der Waals surface area contributed by atoms with Crippen molar-refractivity contribution in [1.29, 1.82) is 0 Å². The normalized spacial score (nSPS) is 17.6. The van der Waals surface area contributed by atoms with Crippen molar-refractivity contribution in [2.75, 3.05) is 38.7 Å². The standard InChI is InChI=1S/C20H25FN4O2/c1-24-8-9-25(16-4-3-5-18(12-16)27-2)17(13-24)10-14-6-7-15(11-19(14)21)20(26)23-22/h3-7,11-12,17H,8-10,13,22H2,1-2H3,(H,23,26). The number of piperazine rings is 1.